The molecule has 28 heavy (non-hydrogen) atoms. The molecule has 1 aromatic carbocycles. The summed E-state index contributed by atoms with van der Waals surface area (Å²) in [7, 11) is 0. The van der Waals surface area contributed by atoms with Crippen molar-refractivity contribution in [3.8, 4) is 0 Å². The van der Waals surface area contributed by atoms with Crippen LogP contribution >= 0.6 is 0 Å². The number of rotatable bonds is 3. The third kappa shape index (κ3) is 4.11. The molecule has 0 bridgehead atoms. The molecule has 0 aromatic heterocycles. The molecule has 1 N–H and O–H groups in total. The molecule has 1 amide bonds. The van der Waals surface area contributed by atoms with Gasteiger partial charge in [0.2, 0.25) is 0 Å². The summed E-state index contributed by atoms with van der Waals surface area (Å²) >= 11 is 0. The van der Waals surface area contributed by atoms with E-state index in [1.54, 1.807) is 19.1 Å². The second-order valence-corrected chi connectivity index (χ2v) is 9.46. The van der Waals surface area contributed by atoms with Gasteiger partial charge in [0.05, 0.1) is 5.60 Å². The molecule has 3 fully saturated rings. The Morgan fingerprint density at radius 2 is 1.68 bits per heavy atom. The molecule has 1 aromatic rings. The van der Waals surface area contributed by atoms with E-state index in [-0.39, 0.29) is 17.1 Å². The van der Waals surface area contributed by atoms with Crippen LogP contribution in [-0.2, 0) is 0 Å². The van der Waals surface area contributed by atoms with Crippen LogP contribution in [0.25, 0.3) is 0 Å². The topological polar surface area (TPSA) is 43.8 Å². The van der Waals surface area contributed by atoms with Crippen LogP contribution < -0.4 is 0 Å². The number of aryl methyl sites for hydroxylation is 1. The lowest BCUT2D eigenvalue weighted by Gasteiger charge is -2.49. The molecule has 2 heterocycles. The molecule has 5 heteroatoms. The number of aliphatic hydroxyl groups is 1. The van der Waals surface area contributed by atoms with Gasteiger partial charge in [-0.15, -0.1) is 0 Å². The zero-order chi connectivity index (χ0) is 19.8. The van der Waals surface area contributed by atoms with E-state index >= 15 is 0 Å². The number of hydrogen-bond donors (Lipinski definition) is 1. The molecule has 3 aliphatic rings. The highest BCUT2D eigenvalue weighted by atomic mass is 19.1. The lowest BCUT2D eigenvalue weighted by molar-refractivity contribution is -0.0647. The molecule has 2 saturated heterocycles. The van der Waals surface area contributed by atoms with Gasteiger partial charge in [-0.1, -0.05) is 6.07 Å². The normalized spacial score (nSPS) is 24.6. The summed E-state index contributed by atoms with van der Waals surface area (Å²) in [5.74, 6) is -0.376. The summed E-state index contributed by atoms with van der Waals surface area (Å²) in [5, 5.41) is 11.0. The summed E-state index contributed by atoms with van der Waals surface area (Å²) < 4.78 is 13.8. The van der Waals surface area contributed by atoms with Crippen LogP contribution in [-0.4, -0.2) is 59.1 Å². The molecule has 0 atom stereocenters. The molecular weight excluding hydrogens is 355 g/mol. The first-order chi connectivity index (χ1) is 13.4. The maximum absolute atomic E-state index is 13.8. The summed E-state index contributed by atoms with van der Waals surface area (Å²) in [4.78, 5) is 17.0. The maximum atomic E-state index is 13.8. The number of halogens is 1. The first kappa shape index (κ1) is 19.8. The fourth-order valence-corrected chi connectivity index (χ4v) is 5.35. The molecule has 1 spiro atoms. The highest BCUT2D eigenvalue weighted by Gasteiger charge is 2.44. The SMILES string of the molecule is Cc1ccc(C(=O)N2CCC3(CC2)CCC(O)(CN2CCCC2)CC3)cc1F. The zero-order valence-electron chi connectivity index (χ0n) is 17.1. The Morgan fingerprint density at radius 1 is 1.04 bits per heavy atom. The second kappa shape index (κ2) is 7.75. The van der Waals surface area contributed by atoms with E-state index in [0.717, 1.165) is 71.2 Å². The first-order valence-corrected chi connectivity index (χ1v) is 10.9. The number of likely N-dealkylation sites (tertiary alicyclic amines) is 2. The number of β-amino-alcohol motifs (C(OH)–C–C–N with tert-alkyl or cyclic N) is 1. The van der Waals surface area contributed by atoms with Gasteiger partial charge in [-0.3, -0.25) is 4.79 Å². The second-order valence-electron chi connectivity index (χ2n) is 9.46. The van der Waals surface area contributed by atoms with Crippen LogP contribution in [0.2, 0.25) is 0 Å². The van der Waals surface area contributed by atoms with Crippen LogP contribution in [0.4, 0.5) is 4.39 Å². The number of benzene rings is 1. The van der Waals surface area contributed by atoms with E-state index < -0.39 is 5.60 Å². The molecule has 4 nitrogen and oxygen atoms in total. The molecule has 2 aliphatic heterocycles. The van der Waals surface area contributed by atoms with Gasteiger partial charge in [-0.2, -0.15) is 0 Å². The Hall–Kier alpha value is -1.46. The van der Waals surface area contributed by atoms with Crippen molar-refractivity contribution >= 4 is 5.91 Å². The standard InChI is InChI=1S/C23H33FN2O2/c1-18-4-5-19(16-20(18)24)21(27)26-14-10-22(11-15-26)6-8-23(28,9-7-22)17-25-12-2-3-13-25/h4-5,16,28H,2-3,6-15,17H2,1H3. The van der Waals surface area contributed by atoms with Gasteiger partial charge >= 0.3 is 0 Å². The van der Waals surface area contributed by atoms with Crippen molar-refractivity contribution < 1.29 is 14.3 Å². The zero-order valence-corrected chi connectivity index (χ0v) is 17.1. The fraction of sp³-hybridized carbons (Fsp3) is 0.696. The van der Waals surface area contributed by atoms with Crippen molar-refractivity contribution in [1.82, 2.24) is 9.80 Å². The number of hydrogen-bond acceptors (Lipinski definition) is 3. The summed E-state index contributed by atoms with van der Waals surface area (Å²) in [6.45, 7) is 6.26. The summed E-state index contributed by atoms with van der Waals surface area (Å²) in [6.07, 6.45) is 8.36. The van der Waals surface area contributed by atoms with Gasteiger partial charge < -0.3 is 14.9 Å². The van der Waals surface area contributed by atoms with E-state index in [2.05, 4.69) is 4.90 Å². The Labute approximate surface area is 167 Å². The molecule has 1 aliphatic carbocycles. The van der Waals surface area contributed by atoms with E-state index in [9.17, 15) is 14.3 Å². The highest BCUT2D eigenvalue weighted by molar-refractivity contribution is 5.94. The molecule has 0 radical (unpaired) electrons. The van der Waals surface area contributed by atoms with Crippen LogP contribution in [0, 0.1) is 18.2 Å². The first-order valence-electron chi connectivity index (χ1n) is 10.9. The number of carbonyl (C=O) groups is 1. The largest absolute Gasteiger partial charge is 0.389 e. The maximum Gasteiger partial charge on any atom is 0.253 e. The number of nitrogens with zero attached hydrogens (tertiary/aromatic N) is 2. The van der Waals surface area contributed by atoms with Gasteiger partial charge in [0, 0.05) is 25.2 Å². The van der Waals surface area contributed by atoms with Crippen molar-refractivity contribution in [3.63, 3.8) is 0 Å². The molecule has 0 unspecified atom stereocenters. The van der Waals surface area contributed by atoms with E-state index in [1.807, 2.05) is 4.90 Å². The minimum Gasteiger partial charge on any atom is -0.389 e. The summed E-state index contributed by atoms with van der Waals surface area (Å²) in [6, 6.07) is 4.77. The summed E-state index contributed by atoms with van der Waals surface area (Å²) in [5.41, 5.74) is 0.759. The molecule has 154 valence electrons. The van der Waals surface area contributed by atoms with Crippen molar-refractivity contribution in [3.05, 3.63) is 35.1 Å². The molecule has 4 rings (SSSR count). The number of carbonyl (C=O) groups excluding carboxylic acids is 1. The van der Waals surface area contributed by atoms with Gasteiger partial charge in [0.25, 0.3) is 5.91 Å². The number of piperidine rings is 1. The van der Waals surface area contributed by atoms with Crippen LogP contribution in [0.1, 0.15) is 67.3 Å². The molecular formula is C23H33FN2O2. The van der Waals surface area contributed by atoms with Gasteiger partial charge in [0.15, 0.2) is 0 Å². The lowest BCUT2D eigenvalue weighted by atomic mass is 9.64. The Morgan fingerprint density at radius 3 is 2.29 bits per heavy atom. The predicted octanol–water partition coefficient (Wildman–Crippen LogP) is 3.76. The van der Waals surface area contributed by atoms with Crippen molar-refractivity contribution in [1.29, 1.82) is 0 Å². The van der Waals surface area contributed by atoms with Gasteiger partial charge in [0.1, 0.15) is 5.82 Å². The van der Waals surface area contributed by atoms with Crippen molar-refractivity contribution in [2.24, 2.45) is 5.41 Å². The third-order valence-corrected chi connectivity index (χ3v) is 7.49. The van der Waals surface area contributed by atoms with Crippen LogP contribution in [0.5, 0.6) is 0 Å². The van der Waals surface area contributed by atoms with Crippen molar-refractivity contribution in [2.45, 2.75) is 63.9 Å². The minimum absolute atomic E-state index is 0.0601. The lowest BCUT2D eigenvalue weighted by Crippen LogP contribution is -2.50. The smallest absolute Gasteiger partial charge is 0.253 e. The Balaban J connectivity index is 1.31. The van der Waals surface area contributed by atoms with E-state index in [4.69, 9.17) is 0 Å². The highest BCUT2D eigenvalue weighted by Crippen LogP contribution is 2.48. The van der Waals surface area contributed by atoms with Gasteiger partial charge in [-0.05, 0) is 94.5 Å². The van der Waals surface area contributed by atoms with Crippen LogP contribution in [0.15, 0.2) is 18.2 Å². The quantitative estimate of drug-likeness (QED) is 0.858. The van der Waals surface area contributed by atoms with Gasteiger partial charge in [-0.25, -0.2) is 4.39 Å². The number of amides is 1. The van der Waals surface area contributed by atoms with Crippen molar-refractivity contribution in [2.75, 3.05) is 32.7 Å². The predicted molar refractivity (Wildman–Crippen MR) is 108 cm³/mol. The average Bonchev–Trinajstić information content (AvgIpc) is 3.20. The fourth-order valence-electron chi connectivity index (χ4n) is 5.35. The monoisotopic (exact) mass is 388 g/mol. The van der Waals surface area contributed by atoms with Crippen LogP contribution in [0.3, 0.4) is 0 Å². The Bertz CT molecular complexity index is 711. The minimum atomic E-state index is -0.526. The molecule has 1 saturated carbocycles. The van der Waals surface area contributed by atoms with E-state index in [0.29, 0.717) is 11.1 Å². The average molecular weight is 389 g/mol. The van der Waals surface area contributed by atoms with E-state index in [1.165, 1.54) is 18.9 Å². The Kier molecular flexibility index (Phi) is 5.49. The third-order valence-electron chi connectivity index (χ3n) is 7.49.